The summed E-state index contributed by atoms with van der Waals surface area (Å²) in [6.07, 6.45) is 0. The maximum Gasteiger partial charge on any atom is 0.358 e. The number of rotatable bonds is 3. The van der Waals surface area contributed by atoms with Crippen molar-refractivity contribution < 1.29 is 26.0 Å². The Bertz CT molecular complexity index is 491. The standard InChI is InChI=1S/C14H12IO/c1-11(16)13-9-5-6-10-14(13)15-12-7-3-2-4-8-12/h2-10H,1H3/q+1. The van der Waals surface area contributed by atoms with Gasteiger partial charge in [-0.15, -0.1) is 0 Å². The Morgan fingerprint density at radius 1 is 0.938 bits per heavy atom. The highest BCUT2D eigenvalue weighted by Crippen LogP contribution is 1.99. The van der Waals surface area contributed by atoms with E-state index in [4.69, 9.17) is 0 Å². The Hall–Kier alpha value is -1.16. The molecule has 0 aromatic heterocycles. The number of Topliss-reactive ketones (excluding diaryl/α,β-unsaturated/α-hetero) is 1. The smallest absolute Gasteiger partial charge is 0.294 e. The van der Waals surface area contributed by atoms with Crippen LogP contribution in [0.5, 0.6) is 0 Å². The zero-order valence-corrected chi connectivity index (χ0v) is 11.1. The van der Waals surface area contributed by atoms with Gasteiger partial charge in [0.15, 0.2) is 9.35 Å². The molecule has 0 fully saturated rings. The normalized spacial score (nSPS) is 10.1. The molecule has 0 heterocycles. The van der Waals surface area contributed by atoms with Crippen LogP contribution in [0.4, 0.5) is 0 Å². The minimum absolute atomic E-state index is 0.159. The Balaban J connectivity index is 2.31. The van der Waals surface area contributed by atoms with Gasteiger partial charge < -0.3 is 0 Å². The Kier molecular flexibility index (Phi) is 3.72. The van der Waals surface area contributed by atoms with Crippen LogP contribution in [0.2, 0.25) is 0 Å². The molecule has 0 bridgehead atoms. The third-order valence-corrected chi connectivity index (χ3v) is 5.06. The van der Waals surface area contributed by atoms with Crippen LogP contribution in [0.1, 0.15) is 17.3 Å². The lowest BCUT2D eigenvalue weighted by Crippen LogP contribution is -3.61. The van der Waals surface area contributed by atoms with Gasteiger partial charge in [-0.1, -0.05) is 30.3 Å². The van der Waals surface area contributed by atoms with Crippen LogP contribution in [-0.4, -0.2) is 5.78 Å². The molecule has 0 atom stereocenters. The summed E-state index contributed by atoms with van der Waals surface area (Å²) in [6, 6.07) is 18.3. The van der Waals surface area contributed by atoms with E-state index in [-0.39, 0.29) is 27.0 Å². The molecule has 0 radical (unpaired) electrons. The van der Waals surface area contributed by atoms with Crippen molar-refractivity contribution in [2.24, 2.45) is 0 Å². The topological polar surface area (TPSA) is 17.1 Å². The number of carbonyl (C=O) groups is 1. The van der Waals surface area contributed by atoms with Crippen LogP contribution < -0.4 is 21.2 Å². The second-order valence-corrected chi connectivity index (χ2v) is 6.37. The molecular formula is C14H12IO+. The summed E-state index contributed by atoms with van der Waals surface area (Å²) in [5.74, 6) is 0.159. The van der Waals surface area contributed by atoms with Crippen molar-refractivity contribution in [3.8, 4) is 0 Å². The van der Waals surface area contributed by atoms with Crippen molar-refractivity contribution in [1.29, 1.82) is 0 Å². The van der Waals surface area contributed by atoms with E-state index in [1.807, 2.05) is 36.4 Å². The number of hydrogen-bond acceptors (Lipinski definition) is 1. The van der Waals surface area contributed by atoms with Gasteiger partial charge in [-0.05, 0) is 31.2 Å². The second kappa shape index (κ2) is 5.25. The molecule has 0 spiro atoms. The molecule has 1 nitrogen and oxygen atoms in total. The minimum Gasteiger partial charge on any atom is -0.294 e. The molecule has 0 saturated carbocycles. The van der Waals surface area contributed by atoms with Gasteiger partial charge >= 0.3 is 21.2 Å². The maximum absolute atomic E-state index is 11.5. The molecular weight excluding hydrogens is 311 g/mol. The van der Waals surface area contributed by atoms with E-state index < -0.39 is 0 Å². The van der Waals surface area contributed by atoms with Crippen LogP contribution in [0.25, 0.3) is 0 Å². The third-order valence-electron chi connectivity index (χ3n) is 2.20. The molecule has 0 aliphatic carbocycles. The molecule has 2 rings (SSSR count). The van der Waals surface area contributed by atoms with Gasteiger partial charge in [-0.3, -0.25) is 4.79 Å². The first-order valence-electron chi connectivity index (χ1n) is 5.07. The molecule has 80 valence electrons. The summed E-state index contributed by atoms with van der Waals surface area (Å²) < 4.78 is 2.55. The Morgan fingerprint density at radius 2 is 1.56 bits per heavy atom. The molecule has 0 unspecified atom stereocenters. The first-order chi connectivity index (χ1) is 7.77. The molecule has 0 amide bonds. The van der Waals surface area contributed by atoms with Crippen molar-refractivity contribution in [3.63, 3.8) is 0 Å². The summed E-state index contributed by atoms with van der Waals surface area (Å²) in [4.78, 5) is 11.5. The molecule has 0 saturated heterocycles. The summed E-state index contributed by atoms with van der Waals surface area (Å²) in [5, 5.41) is 0. The second-order valence-electron chi connectivity index (χ2n) is 3.43. The first kappa shape index (κ1) is 11.3. The monoisotopic (exact) mass is 323 g/mol. The SMILES string of the molecule is CC(=O)c1ccccc1[I+]c1ccccc1. The fraction of sp³-hybridized carbons (Fsp3) is 0.0714. The van der Waals surface area contributed by atoms with Crippen molar-refractivity contribution >= 4 is 5.78 Å². The highest BCUT2D eigenvalue weighted by atomic mass is 127. The molecule has 16 heavy (non-hydrogen) atoms. The van der Waals surface area contributed by atoms with Crippen LogP contribution in [0.3, 0.4) is 0 Å². The predicted octanol–water partition coefficient (Wildman–Crippen LogP) is 0.0176. The van der Waals surface area contributed by atoms with E-state index in [1.165, 1.54) is 7.14 Å². The van der Waals surface area contributed by atoms with Gasteiger partial charge in [-0.25, -0.2) is 0 Å². The van der Waals surface area contributed by atoms with Crippen molar-refractivity contribution in [2.45, 2.75) is 6.92 Å². The van der Waals surface area contributed by atoms with E-state index in [0.717, 1.165) is 5.56 Å². The number of halogens is 1. The summed E-state index contributed by atoms with van der Waals surface area (Å²) in [6.45, 7) is 1.63. The van der Waals surface area contributed by atoms with Gasteiger partial charge in [-0.2, -0.15) is 0 Å². The number of carbonyl (C=O) groups excluding carboxylic acids is 1. The lowest BCUT2D eigenvalue weighted by atomic mass is 10.2. The highest BCUT2D eigenvalue weighted by molar-refractivity contribution is 5.93. The fourth-order valence-corrected chi connectivity index (χ4v) is 4.11. The molecule has 0 aliphatic rings. The largest absolute Gasteiger partial charge is 0.358 e. The summed E-state index contributed by atoms with van der Waals surface area (Å²) >= 11 is -0.247. The minimum atomic E-state index is -0.247. The summed E-state index contributed by atoms with van der Waals surface area (Å²) in [5.41, 5.74) is 0.874. The average Bonchev–Trinajstić information content (AvgIpc) is 2.31. The highest BCUT2D eigenvalue weighted by Gasteiger charge is 2.20. The third kappa shape index (κ3) is 2.70. The zero-order chi connectivity index (χ0) is 11.4. The Labute approximate surface area is 106 Å². The van der Waals surface area contributed by atoms with Crippen molar-refractivity contribution in [1.82, 2.24) is 0 Å². The number of hydrogen-bond donors (Lipinski definition) is 0. The van der Waals surface area contributed by atoms with Gasteiger partial charge in [0, 0.05) is 0 Å². The van der Waals surface area contributed by atoms with Crippen molar-refractivity contribution in [2.75, 3.05) is 0 Å². The lowest BCUT2D eigenvalue weighted by Gasteiger charge is -1.94. The van der Waals surface area contributed by atoms with Crippen LogP contribution >= 0.6 is 0 Å². The maximum atomic E-state index is 11.5. The van der Waals surface area contributed by atoms with Crippen LogP contribution in [0, 0.1) is 7.14 Å². The molecule has 0 aliphatic heterocycles. The van der Waals surface area contributed by atoms with Crippen LogP contribution in [-0.2, 0) is 0 Å². The molecule has 2 aromatic carbocycles. The van der Waals surface area contributed by atoms with E-state index in [9.17, 15) is 4.79 Å². The first-order valence-corrected chi connectivity index (χ1v) is 7.23. The molecule has 2 aromatic rings. The average molecular weight is 323 g/mol. The van der Waals surface area contributed by atoms with E-state index in [1.54, 1.807) is 6.92 Å². The van der Waals surface area contributed by atoms with Gasteiger partial charge in [0.25, 0.3) is 0 Å². The molecule has 2 heteroatoms. The van der Waals surface area contributed by atoms with Gasteiger partial charge in [0.2, 0.25) is 3.57 Å². The van der Waals surface area contributed by atoms with Gasteiger partial charge in [0.05, 0.1) is 5.56 Å². The zero-order valence-electron chi connectivity index (χ0n) is 8.98. The van der Waals surface area contributed by atoms with Crippen molar-refractivity contribution in [3.05, 3.63) is 67.3 Å². The number of ketones is 1. The van der Waals surface area contributed by atoms with Crippen LogP contribution in [0.15, 0.2) is 54.6 Å². The molecule has 0 N–H and O–H groups in total. The summed E-state index contributed by atoms with van der Waals surface area (Å²) in [7, 11) is 0. The predicted molar refractivity (Wildman–Crippen MR) is 60.3 cm³/mol. The van der Waals surface area contributed by atoms with E-state index in [0.29, 0.717) is 0 Å². The fourth-order valence-electron chi connectivity index (χ4n) is 1.42. The number of benzene rings is 2. The Morgan fingerprint density at radius 3 is 2.25 bits per heavy atom. The van der Waals surface area contributed by atoms with E-state index in [2.05, 4.69) is 18.2 Å². The lowest BCUT2D eigenvalue weighted by molar-refractivity contribution is -0.597. The van der Waals surface area contributed by atoms with Gasteiger partial charge in [0.1, 0.15) is 0 Å². The van der Waals surface area contributed by atoms with E-state index >= 15 is 0 Å². The quantitative estimate of drug-likeness (QED) is 0.575.